The van der Waals surface area contributed by atoms with Crippen LogP contribution in [0, 0.1) is 11.6 Å². The van der Waals surface area contributed by atoms with Gasteiger partial charge in [0.25, 0.3) is 0 Å². The second-order valence-electron chi connectivity index (χ2n) is 6.30. The standard InChI is InChI=1S/C19H18F2N2O/c1-24-12-4-2-10(3-5-12)18-17(13-6-7-16(13)22)14-8-11(20)9-15(21)19(14)23-18/h2-5,8-9,13,16,23H,6-7,22H2,1H3. The van der Waals surface area contributed by atoms with Crippen LogP contribution in [0.3, 0.4) is 0 Å². The molecule has 3 aromatic rings. The summed E-state index contributed by atoms with van der Waals surface area (Å²) in [4.78, 5) is 3.15. The quantitative estimate of drug-likeness (QED) is 0.752. The molecule has 0 bridgehead atoms. The summed E-state index contributed by atoms with van der Waals surface area (Å²) in [7, 11) is 1.61. The molecule has 1 aliphatic rings. The van der Waals surface area contributed by atoms with Crippen LogP contribution < -0.4 is 10.5 Å². The van der Waals surface area contributed by atoms with Crippen molar-refractivity contribution in [3.63, 3.8) is 0 Å². The molecule has 1 aliphatic carbocycles. The van der Waals surface area contributed by atoms with Gasteiger partial charge in [0.1, 0.15) is 17.4 Å². The van der Waals surface area contributed by atoms with E-state index in [9.17, 15) is 8.78 Å². The topological polar surface area (TPSA) is 51.0 Å². The molecule has 4 rings (SSSR count). The first kappa shape index (κ1) is 15.1. The Morgan fingerprint density at radius 1 is 1.12 bits per heavy atom. The van der Waals surface area contributed by atoms with Crippen LogP contribution in [-0.2, 0) is 0 Å². The summed E-state index contributed by atoms with van der Waals surface area (Å²) in [6.07, 6.45) is 1.85. The van der Waals surface area contributed by atoms with Crippen LogP contribution in [-0.4, -0.2) is 18.1 Å². The predicted octanol–water partition coefficient (Wildman–Crippen LogP) is 4.33. The molecule has 2 atom stereocenters. The first-order valence-corrected chi connectivity index (χ1v) is 7.99. The molecule has 124 valence electrons. The zero-order valence-corrected chi connectivity index (χ0v) is 13.3. The van der Waals surface area contributed by atoms with Crippen LogP contribution in [0.5, 0.6) is 5.75 Å². The first-order chi connectivity index (χ1) is 11.6. The van der Waals surface area contributed by atoms with Gasteiger partial charge in [-0.2, -0.15) is 0 Å². The van der Waals surface area contributed by atoms with Gasteiger partial charge < -0.3 is 15.5 Å². The Labute approximate surface area is 138 Å². The maximum atomic E-state index is 14.2. The number of benzene rings is 2. The van der Waals surface area contributed by atoms with Crippen molar-refractivity contribution in [3.8, 4) is 17.0 Å². The number of aromatic amines is 1. The highest BCUT2D eigenvalue weighted by Gasteiger charge is 2.34. The van der Waals surface area contributed by atoms with E-state index in [4.69, 9.17) is 10.5 Å². The van der Waals surface area contributed by atoms with Crippen LogP contribution in [0.25, 0.3) is 22.2 Å². The Morgan fingerprint density at radius 3 is 2.46 bits per heavy atom. The third kappa shape index (κ3) is 2.27. The summed E-state index contributed by atoms with van der Waals surface area (Å²) >= 11 is 0. The van der Waals surface area contributed by atoms with Crippen molar-refractivity contribution in [2.45, 2.75) is 24.8 Å². The smallest absolute Gasteiger partial charge is 0.150 e. The Balaban J connectivity index is 1.96. The number of rotatable bonds is 3. The molecular weight excluding hydrogens is 310 g/mol. The number of halogens is 2. The Kier molecular flexibility index (Phi) is 3.53. The van der Waals surface area contributed by atoms with Crippen molar-refractivity contribution in [1.82, 2.24) is 4.98 Å². The third-order valence-electron chi connectivity index (χ3n) is 4.94. The SMILES string of the molecule is COc1ccc(-c2[nH]c3c(F)cc(F)cc3c2C2CCC2N)cc1. The number of nitrogens with one attached hydrogen (secondary N) is 1. The van der Waals surface area contributed by atoms with E-state index in [-0.39, 0.29) is 12.0 Å². The lowest BCUT2D eigenvalue weighted by Gasteiger charge is -2.34. The third-order valence-corrected chi connectivity index (χ3v) is 4.94. The summed E-state index contributed by atoms with van der Waals surface area (Å²) < 4.78 is 33.2. The molecule has 3 nitrogen and oxygen atoms in total. The maximum Gasteiger partial charge on any atom is 0.150 e. The Bertz CT molecular complexity index is 902. The summed E-state index contributed by atoms with van der Waals surface area (Å²) in [5.41, 5.74) is 9.10. The van der Waals surface area contributed by atoms with Crippen molar-refractivity contribution in [3.05, 3.63) is 53.6 Å². The van der Waals surface area contributed by atoms with Gasteiger partial charge in [-0.3, -0.25) is 0 Å². The first-order valence-electron chi connectivity index (χ1n) is 7.99. The van der Waals surface area contributed by atoms with E-state index >= 15 is 0 Å². The number of methoxy groups -OCH3 is 1. The minimum atomic E-state index is -0.584. The largest absolute Gasteiger partial charge is 0.497 e. The average molecular weight is 328 g/mol. The zero-order chi connectivity index (χ0) is 16.8. The summed E-state index contributed by atoms with van der Waals surface area (Å²) in [5, 5.41) is 0.582. The number of fused-ring (bicyclic) bond motifs is 1. The van der Waals surface area contributed by atoms with Crippen LogP contribution >= 0.6 is 0 Å². The van der Waals surface area contributed by atoms with Crippen LogP contribution in [0.4, 0.5) is 8.78 Å². The molecule has 0 radical (unpaired) electrons. The van der Waals surface area contributed by atoms with E-state index in [0.29, 0.717) is 10.9 Å². The second kappa shape index (κ2) is 5.60. The van der Waals surface area contributed by atoms with Crippen LogP contribution in [0.1, 0.15) is 24.3 Å². The van der Waals surface area contributed by atoms with Crippen molar-refractivity contribution in [2.24, 2.45) is 5.73 Å². The molecule has 1 fully saturated rings. The molecule has 0 aliphatic heterocycles. The number of aromatic nitrogens is 1. The second-order valence-corrected chi connectivity index (χ2v) is 6.30. The molecule has 5 heteroatoms. The van der Waals surface area contributed by atoms with Gasteiger partial charge in [-0.1, -0.05) is 0 Å². The number of hydrogen-bond acceptors (Lipinski definition) is 2. The van der Waals surface area contributed by atoms with Gasteiger partial charge in [0.2, 0.25) is 0 Å². The fourth-order valence-electron chi connectivity index (χ4n) is 3.49. The lowest BCUT2D eigenvalue weighted by Crippen LogP contribution is -2.37. The molecule has 3 N–H and O–H groups in total. The van der Waals surface area contributed by atoms with Crippen LogP contribution in [0.2, 0.25) is 0 Å². The molecular formula is C19H18F2N2O. The lowest BCUT2D eigenvalue weighted by atomic mass is 9.74. The molecule has 0 spiro atoms. The summed E-state index contributed by atoms with van der Waals surface area (Å²) in [6.45, 7) is 0. The van der Waals surface area contributed by atoms with Gasteiger partial charge in [-0.05, 0) is 54.3 Å². The highest BCUT2D eigenvalue weighted by molar-refractivity contribution is 5.92. The van der Waals surface area contributed by atoms with E-state index in [1.54, 1.807) is 7.11 Å². The number of ether oxygens (including phenoxy) is 1. The minimum Gasteiger partial charge on any atom is -0.497 e. The molecule has 24 heavy (non-hydrogen) atoms. The van der Waals surface area contributed by atoms with Crippen molar-refractivity contribution in [2.75, 3.05) is 7.11 Å². The Morgan fingerprint density at radius 2 is 1.88 bits per heavy atom. The van der Waals surface area contributed by atoms with E-state index in [1.165, 1.54) is 6.07 Å². The molecule has 2 aromatic carbocycles. The highest BCUT2D eigenvalue weighted by Crippen LogP contribution is 2.45. The van der Waals surface area contributed by atoms with E-state index in [0.717, 1.165) is 41.5 Å². The van der Waals surface area contributed by atoms with Crippen LogP contribution in [0.15, 0.2) is 36.4 Å². The predicted molar refractivity (Wildman–Crippen MR) is 90.2 cm³/mol. The molecule has 1 aromatic heterocycles. The lowest BCUT2D eigenvalue weighted by molar-refractivity contribution is 0.349. The molecule has 0 saturated heterocycles. The number of nitrogens with two attached hydrogens (primary N) is 1. The van der Waals surface area contributed by atoms with Crippen molar-refractivity contribution < 1.29 is 13.5 Å². The molecule has 2 unspecified atom stereocenters. The Hall–Kier alpha value is -2.40. The highest BCUT2D eigenvalue weighted by atomic mass is 19.1. The van der Waals surface area contributed by atoms with Gasteiger partial charge >= 0.3 is 0 Å². The van der Waals surface area contributed by atoms with E-state index in [2.05, 4.69) is 4.98 Å². The maximum absolute atomic E-state index is 14.2. The van der Waals surface area contributed by atoms with Gasteiger partial charge in [0, 0.05) is 23.4 Å². The van der Waals surface area contributed by atoms with Crippen molar-refractivity contribution >= 4 is 10.9 Å². The van der Waals surface area contributed by atoms with Crippen molar-refractivity contribution in [1.29, 1.82) is 0 Å². The van der Waals surface area contributed by atoms with E-state index in [1.807, 2.05) is 24.3 Å². The summed E-state index contributed by atoms with van der Waals surface area (Å²) in [6, 6.07) is 9.83. The number of H-pyrrole nitrogens is 1. The average Bonchev–Trinajstić information content (AvgIpc) is 2.93. The molecule has 1 heterocycles. The van der Waals surface area contributed by atoms with Gasteiger partial charge in [-0.15, -0.1) is 0 Å². The normalized spacial score (nSPS) is 20.2. The molecule has 1 saturated carbocycles. The summed E-state index contributed by atoms with van der Waals surface area (Å²) in [5.74, 6) is -0.306. The fourth-order valence-corrected chi connectivity index (χ4v) is 3.49. The van der Waals surface area contributed by atoms with Gasteiger partial charge in [-0.25, -0.2) is 8.78 Å². The monoisotopic (exact) mass is 328 g/mol. The van der Waals surface area contributed by atoms with Gasteiger partial charge in [0.15, 0.2) is 0 Å². The molecule has 0 amide bonds. The fraction of sp³-hybridized carbons (Fsp3) is 0.263. The van der Waals surface area contributed by atoms with E-state index < -0.39 is 11.6 Å². The zero-order valence-electron chi connectivity index (χ0n) is 13.3. The minimum absolute atomic E-state index is 0.0207. The number of hydrogen-bond donors (Lipinski definition) is 2. The van der Waals surface area contributed by atoms with Gasteiger partial charge in [0.05, 0.1) is 18.3 Å².